The van der Waals surface area contributed by atoms with E-state index in [1.807, 2.05) is 0 Å². The van der Waals surface area contributed by atoms with Crippen LogP contribution in [-0.2, 0) is 13.7 Å². The summed E-state index contributed by atoms with van der Waals surface area (Å²) in [6.45, 7) is 25.4. The third-order valence-corrected chi connectivity index (χ3v) is 15.5. The molecule has 2 rings (SSSR count). The molecule has 1 fully saturated rings. The highest BCUT2D eigenvalue weighted by molar-refractivity contribution is 6.96. The highest BCUT2D eigenvalue weighted by Crippen LogP contribution is 2.39. The van der Waals surface area contributed by atoms with E-state index in [1.165, 1.54) is 10.4 Å². The van der Waals surface area contributed by atoms with Crippen LogP contribution < -0.4 is 5.19 Å². The van der Waals surface area contributed by atoms with Crippen molar-refractivity contribution < 1.29 is 13.7 Å². The maximum Gasteiger partial charge on any atom is 0.486 e. The van der Waals surface area contributed by atoms with Crippen molar-refractivity contribution in [3.05, 3.63) is 41.5 Å². The zero-order valence-corrected chi connectivity index (χ0v) is 22.5. The van der Waals surface area contributed by atoms with Crippen molar-refractivity contribution >= 4 is 28.7 Å². The average Bonchev–Trinajstić information content (AvgIpc) is 2.78. The monoisotopic (exact) mass is 432 g/mol. The van der Waals surface area contributed by atoms with Crippen molar-refractivity contribution in [2.75, 3.05) is 6.61 Å². The van der Waals surface area contributed by atoms with Crippen LogP contribution in [0.4, 0.5) is 0 Å². The molecular formula is C23H41BO3Si2. The highest BCUT2D eigenvalue weighted by Gasteiger charge is 2.51. The van der Waals surface area contributed by atoms with Gasteiger partial charge >= 0.3 is 7.12 Å². The molecule has 1 aromatic carbocycles. The van der Waals surface area contributed by atoms with Gasteiger partial charge in [-0.05, 0) is 45.8 Å². The van der Waals surface area contributed by atoms with Crippen LogP contribution in [0.15, 0.2) is 41.5 Å². The fourth-order valence-electron chi connectivity index (χ4n) is 3.07. The summed E-state index contributed by atoms with van der Waals surface area (Å²) in [4.78, 5) is 0. The summed E-state index contributed by atoms with van der Waals surface area (Å²) in [6.07, 6.45) is 0. The average molecular weight is 433 g/mol. The standard InChI is InChI=1S/C23H41BO3Si2/c1-21(2,3)29(10,11)25-18-20(28(8,9)19-15-13-12-14-16-19)17-24-26-22(4,5)23(6,7)27-24/h12-17H,18H2,1-11H3/b20-17-. The molecule has 162 valence electrons. The SMILES string of the molecule is CC1(C)OB(/C=C(/CO[Si](C)(C)C(C)(C)C)[Si](C)(C)c2ccccc2)OC1(C)C. The second kappa shape index (κ2) is 8.12. The van der Waals surface area contributed by atoms with Gasteiger partial charge in [-0.3, -0.25) is 0 Å². The van der Waals surface area contributed by atoms with Crippen LogP contribution in [0.5, 0.6) is 0 Å². The van der Waals surface area contributed by atoms with E-state index in [9.17, 15) is 0 Å². The Bertz CT molecular complexity index is 718. The van der Waals surface area contributed by atoms with Gasteiger partial charge in [-0.2, -0.15) is 0 Å². The fourth-order valence-corrected chi connectivity index (χ4v) is 6.55. The van der Waals surface area contributed by atoms with E-state index in [-0.39, 0.29) is 23.4 Å². The Balaban J connectivity index is 2.39. The Morgan fingerprint density at radius 3 is 1.90 bits per heavy atom. The van der Waals surface area contributed by atoms with Gasteiger partial charge in [0.1, 0.15) is 8.07 Å². The van der Waals surface area contributed by atoms with Crippen molar-refractivity contribution in [1.29, 1.82) is 0 Å². The van der Waals surface area contributed by atoms with Crippen molar-refractivity contribution in [3.63, 3.8) is 0 Å². The molecule has 1 heterocycles. The van der Waals surface area contributed by atoms with Crippen LogP contribution >= 0.6 is 0 Å². The second-order valence-corrected chi connectivity index (χ2v) is 20.6. The minimum atomic E-state index is -1.93. The van der Waals surface area contributed by atoms with E-state index in [0.717, 1.165) is 0 Å². The van der Waals surface area contributed by atoms with Crippen LogP contribution in [0.2, 0.25) is 31.2 Å². The number of hydrogen-bond donors (Lipinski definition) is 0. The van der Waals surface area contributed by atoms with Crippen molar-refractivity contribution in [1.82, 2.24) is 0 Å². The summed E-state index contributed by atoms with van der Waals surface area (Å²) in [7, 11) is -4.13. The second-order valence-electron chi connectivity index (χ2n) is 11.4. The zero-order chi connectivity index (χ0) is 22.3. The molecule has 0 aromatic heterocycles. The third-order valence-electron chi connectivity index (χ3n) is 7.30. The zero-order valence-electron chi connectivity index (χ0n) is 20.5. The maximum atomic E-state index is 6.67. The van der Waals surface area contributed by atoms with Crippen LogP contribution in [0.3, 0.4) is 0 Å². The lowest BCUT2D eigenvalue weighted by Crippen LogP contribution is -2.48. The summed E-state index contributed by atoms with van der Waals surface area (Å²) < 4.78 is 19.3. The van der Waals surface area contributed by atoms with E-state index < -0.39 is 16.4 Å². The molecule has 0 amide bonds. The van der Waals surface area contributed by atoms with E-state index in [2.05, 4.69) is 111 Å². The molecule has 1 aromatic rings. The first kappa shape index (κ1) is 24.6. The molecular weight excluding hydrogens is 391 g/mol. The molecule has 0 atom stereocenters. The lowest BCUT2D eigenvalue weighted by atomic mass is 9.90. The van der Waals surface area contributed by atoms with E-state index >= 15 is 0 Å². The van der Waals surface area contributed by atoms with E-state index in [4.69, 9.17) is 13.7 Å². The molecule has 1 aliphatic heterocycles. The van der Waals surface area contributed by atoms with Gasteiger partial charge in [-0.25, -0.2) is 0 Å². The van der Waals surface area contributed by atoms with Crippen LogP contribution in [0.1, 0.15) is 48.5 Å². The first-order valence-corrected chi connectivity index (χ1v) is 16.7. The lowest BCUT2D eigenvalue weighted by Gasteiger charge is -2.38. The fraction of sp³-hybridized carbons (Fsp3) is 0.652. The molecule has 0 aliphatic carbocycles. The molecule has 0 bridgehead atoms. The van der Waals surface area contributed by atoms with Gasteiger partial charge in [0, 0.05) is 0 Å². The Morgan fingerprint density at radius 1 is 0.966 bits per heavy atom. The number of rotatable bonds is 6. The molecule has 0 unspecified atom stereocenters. The first-order chi connectivity index (χ1) is 13.0. The largest absolute Gasteiger partial charge is 0.486 e. The van der Waals surface area contributed by atoms with Gasteiger partial charge in [-0.15, -0.1) is 0 Å². The Kier molecular flexibility index (Phi) is 6.89. The van der Waals surface area contributed by atoms with Gasteiger partial charge in [0.05, 0.1) is 17.8 Å². The third kappa shape index (κ3) is 5.34. The Hall–Kier alpha value is -0.661. The highest BCUT2D eigenvalue weighted by atomic mass is 28.4. The van der Waals surface area contributed by atoms with Crippen molar-refractivity contribution in [3.8, 4) is 0 Å². The smallest absolute Gasteiger partial charge is 0.413 e. The Labute approximate surface area is 181 Å². The molecule has 3 nitrogen and oxygen atoms in total. The quantitative estimate of drug-likeness (QED) is 0.538. The summed E-state index contributed by atoms with van der Waals surface area (Å²) in [5, 5.41) is 2.93. The van der Waals surface area contributed by atoms with Gasteiger partial charge in [-0.1, -0.05) is 80.6 Å². The molecule has 0 radical (unpaired) electrons. The molecule has 0 spiro atoms. The van der Waals surface area contributed by atoms with Crippen LogP contribution in [-0.4, -0.2) is 41.3 Å². The predicted octanol–water partition coefficient (Wildman–Crippen LogP) is 5.72. The van der Waals surface area contributed by atoms with E-state index in [1.54, 1.807) is 0 Å². The van der Waals surface area contributed by atoms with Gasteiger partial charge in [0.15, 0.2) is 8.32 Å². The van der Waals surface area contributed by atoms with Gasteiger partial charge in [0.25, 0.3) is 0 Å². The normalized spacial score (nSPS) is 20.2. The van der Waals surface area contributed by atoms with Gasteiger partial charge < -0.3 is 13.7 Å². The lowest BCUT2D eigenvalue weighted by molar-refractivity contribution is 0.00578. The predicted molar refractivity (Wildman–Crippen MR) is 131 cm³/mol. The molecule has 6 heteroatoms. The minimum absolute atomic E-state index is 0.181. The van der Waals surface area contributed by atoms with E-state index in [0.29, 0.717) is 6.61 Å². The molecule has 1 saturated heterocycles. The van der Waals surface area contributed by atoms with Crippen LogP contribution in [0.25, 0.3) is 0 Å². The summed E-state index contributed by atoms with van der Waals surface area (Å²) in [6, 6.07) is 10.8. The number of hydrogen-bond acceptors (Lipinski definition) is 3. The molecule has 29 heavy (non-hydrogen) atoms. The number of benzene rings is 1. The molecule has 0 saturated carbocycles. The summed E-state index contributed by atoms with van der Waals surface area (Å²) in [5.41, 5.74) is -0.671. The van der Waals surface area contributed by atoms with Crippen LogP contribution in [0, 0.1) is 0 Å². The van der Waals surface area contributed by atoms with Crippen molar-refractivity contribution in [2.24, 2.45) is 0 Å². The molecule has 1 aliphatic rings. The minimum Gasteiger partial charge on any atom is -0.413 e. The van der Waals surface area contributed by atoms with Crippen molar-refractivity contribution in [2.45, 2.75) is 90.9 Å². The maximum absolute atomic E-state index is 6.67. The topological polar surface area (TPSA) is 27.7 Å². The first-order valence-electron chi connectivity index (χ1n) is 10.8. The molecule has 0 N–H and O–H groups in total. The summed E-state index contributed by atoms with van der Waals surface area (Å²) >= 11 is 0. The Morgan fingerprint density at radius 2 is 1.45 bits per heavy atom. The summed E-state index contributed by atoms with van der Waals surface area (Å²) in [5.74, 6) is 2.21. The van der Waals surface area contributed by atoms with Gasteiger partial charge in [0.2, 0.25) is 0 Å².